The molecule has 0 bridgehead atoms. The molecule has 0 aliphatic carbocycles. The maximum absolute atomic E-state index is 14.1. The Kier molecular flexibility index (Phi) is 9.83. The van der Waals surface area contributed by atoms with Crippen LogP contribution in [0.2, 0.25) is 23.2 Å². The molecule has 39 heavy (non-hydrogen) atoms. The lowest BCUT2D eigenvalue weighted by atomic mass is 10.1. The largest absolute Gasteiger partial charge is 0.416 e. The lowest BCUT2D eigenvalue weighted by Crippen LogP contribution is -2.47. The summed E-state index contributed by atoms with van der Waals surface area (Å²) in [6, 6.07) is 5.19. The van der Waals surface area contributed by atoms with Gasteiger partial charge < -0.3 is 14.2 Å². The maximum Gasteiger partial charge on any atom is 0.416 e. The van der Waals surface area contributed by atoms with E-state index in [0.29, 0.717) is 24.0 Å². The fraction of sp³-hybridized carbons (Fsp3) is 0.556. The average molecular weight is 653 g/mol. The molecule has 2 atom stereocenters. The third kappa shape index (κ3) is 7.53. The van der Waals surface area contributed by atoms with Crippen LogP contribution in [0.3, 0.4) is 0 Å². The van der Waals surface area contributed by atoms with Crippen LogP contribution in [0, 0.1) is 12.7 Å². The minimum absolute atomic E-state index is 0.0691. The van der Waals surface area contributed by atoms with Crippen molar-refractivity contribution in [2.45, 2.75) is 77.0 Å². The van der Waals surface area contributed by atoms with Crippen molar-refractivity contribution in [2.24, 2.45) is 0 Å². The molecule has 1 aliphatic heterocycles. The molecule has 12 heteroatoms. The first kappa shape index (κ1) is 31.8. The summed E-state index contributed by atoms with van der Waals surface area (Å²) >= 11 is 9.42. The Morgan fingerprint density at radius 3 is 2.46 bits per heavy atom. The number of aromatic nitrogens is 1. The number of amides is 1. The summed E-state index contributed by atoms with van der Waals surface area (Å²) in [5.74, 6) is -0.876. The first-order chi connectivity index (χ1) is 17.9. The average Bonchev–Trinajstić information content (AvgIpc) is 3.23. The van der Waals surface area contributed by atoms with E-state index in [0.717, 1.165) is 12.1 Å². The summed E-state index contributed by atoms with van der Waals surface area (Å²) in [6.45, 7) is 12.5. The predicted octanol–water partition coefficient (Wildman–Crippen LogP) is 7.99. The molecule has 2 heterocycles. The van der Waals surface area contributed by atoms with Crippen LogP contribution < -0.4 is 9.80 Å². The van der Waals surface area contributed by atoms with Crippen LogP contribution in [0.4, 0.5) is 29.1 Å². The highest BCUT2D eigenvalue weighted by Gasteiger charge is 2.46. The van der Waals surface area contributed by atoms with E-state index in [-0.39, 0.29) is 46.5 Å². The van der Waals surface area contributed by atoms with Gasteiger partial charge in [0.15, 0.2) is 8.32 Å². The van der Waals surface area contributed by atoms with Crippen LogP contribution in [0.15, 0.2) is 30.3 Å². The van der Waals surface area contributed by atoms with Gasteiger partial charge in [0.1, 0.15) is 17.7 Å². The maximum atomic E-state index is 14.1. The van der Waals surface area contributed by atoms with Gasteiger partial charge in [-0.1, -0.05) is 48.3 Å². The zero-order valence-electron chi connectivity index (χ0n) is 23.0. The number of carbonyl (C=O) groups is 1. The third-order valence-corrected chi connectivity index (χ3v) is 12.8. The highest BCUT2D eigenvalue weighted by Crippen LogP contribution is 2.40. The van der Waals surface area contributed by atoms with E-state index >= 15 is 0 Å². The van der Waals surface area contributed by atoms with Gasteiger partial charge in [-0.3, -0.25) is 4.79 Å². The van der Waals surface area contributed by atoms with E-state index in [9.17, 15) is 22.4 Å². The molecule has 1 amide bonds. The first-order valence-electron chi connectivity index (χ1n) is 12.8. The molecule has 1 aliphatic rings. The summed E-state index contributed by atoms with van der Waals surface area (Å²) in [6.07, 6.45) is -4.07. The molecule has 216 valence electrons. The molecular weight excluding hydrogens is 618 g/mol. The van der Waals surface area contributed by atoms with Gasteiger partial charge in [-0.2, -0.15) is 13.2 Å². The van der Waals surface area contributed by atoms with Gasteiger partial charge in [0.05, 0.1) is 16.7 Å². The number of anilines is 2. The van der Waals surface area contributed by atoms with Crippen molar-refractivity contribution in [3.8, 4) is 0 Å². The molecule has 1 saturated heterocycles. The van der Waals surface area contributed by atoms with E-state index in [2.05, 4.69) is 54.8 Å². The normalized spacial score (nSPS) is 18.5. The SMILES string of the molecule is Cc1cc(C(F)(F)F)cc(N2C[C@@H](O[Si](C)(C)C(C)(C)C)C[C@H]2C(=O)N(CCCBr)c2ccc(F)c(Cl)c2)n1. The molecule has 1 aromatic heterocycles. The number of hydrogen-bond donors (Lipinski definition) is 0. The topological polar surface area (TPSA) is 45.7 Å². The van der Waals surface area contributed by atoms with Gasteiger partial charge in [0.2, 0.25) is 5.91 Å². The Morgan fingerprint density at radius 1 is 1.23 bits per heavy atom. The second-order valence-electron chi connectivity index (χ2n) is 11.4. The fourth-order valence-electron chi connectivity index (χ4n) is 4.34. The molecule has 0 N–H and O–H groups in total. The van der Waals surface area contributed by atoms with Gasteiger partial charge in [-0.25, -0.2) is 9.37 Å². The molecule has 0 unspecified atom stereocenters. The van der Waals surface area contributed by atoms with Gasteiger partial charge in [-0.05, 0) is 61.8 Å². The quantitative estimate of drug-likeness (QED) is 0.165. The molecule has 5 nitrogen and oxygen atoms in total. The Balaban J connectivity index is 2.06. The number of carbonyl (C=O) groups excluding carboxylic acids is 1. The van der Waals surface area contributed by atoms with Gasteiger partial charge >= 0.3 is 6.18 Å². The summed E-state index contributed by atoms with van der Waals surface area (Å²) in [5.41, 5.74) is -0.220. The zero-order valence-corrected chi connectivity index (χ0v) is 26.3. The number of aryl methyl sites for hydroxylation is 1. The Bertz CT molecular complexity index is 1190. The number of hydrogen-bond acceptors (Lipinski definition) is 4. The number of rotatable bonds is 8. The van der Waals surface area contributed by atoms with Crippen molar-refractivity contribution < 1.29 is 26.8 Å². The number of halogens is 6. The van der Waals surface area contributed by atoms with Crippen LogP contribution in [-0.4, -0.2) is 49.8 Å². The van der Waals surface area contributed by atoms with E-state index in [1.165, 1.54) is 30.0 Å². The molecular formula is C27H35BrClF4N3O2Si. The number of nitrogens with zero attached hydrogens (tertiary/aromatic N) is 3. The summed E-state index contributed by atoms with van der Waals surface area (Å²) < 4.78 is 61.6. The van der Waals surface area contributed by atoms with Crippen LogP contribution in [0.5, 0.6) is 0 Å². The highest BCUT2D eigenvalue weighted by atomic mass is 79.9. The molecule has 3 rings (SSSR count). The highest BCUT2D eigenvalue weighted by molar-refractivity contribution is 9.09. The second kappa shape index (κ2) is 12.0. The van der Waals surface area contributed by atoms with Gasteiger partial charge in [0, 0.05) is 36.2 Å². The minimum Gasteiger partial charge on any atom is -0.412 e. The van der Waals surface area contributed by atoms with Crippen molar-refractivity contribution in [2.75, 3.05) is 28.2 Å². The van der Waals surface area contributed by atoms with Gasteiger partial charge in [-0.15, -0.1) is 0 Å². The molecule has 0 spiro atoms. The first-order valence-corrected chi connectivity index (χ1v) is 17.2. The van der Waals surface area contributed by atoms with Crippen molar-refractivity contribution in [1.29, 1.82) is 0 Å². The van der Waals surface area contributed by atoms with E-state index in [1.807, 2.05) is 0 Å². The van der Waals surface area contributed by atoms with Crippen LogP contribution >= 0.6 is 27.5 Å². The molecule has 2 aromatic rings. The summed E-state index contributed by atoms with van der Waals surface area (Å²) in [7, 11) is -2.26. The standard InChI is InChI=1S/C27H35BrClF4N3O2Si/c1-17-12-18(27(31,32)33)13-24(34-17)36-16-20(38-39(5,6)26(2,3)4)15-23(36)25(37)35(11-7-10-28)19-8-9-22(30)21(29)14-19/h8-9,12-14,20,23H,7,10-11,15-16H2,1-6H3/t20-,23-/m0/s1. The van der Waals surface area contributed by atoms with Crippen LogP contribution in [-0.2, 0) is 15.4 Å². The fourth-order valence-corrected chi connectivity index (χ4v) is 6.13. The monoisotopic (exact) mass is 651 g/mol. The lowest BCUT2D eigenvalue weighted by Gasteiger charge is -2.38. The van der Waals surface area contributed by atoms with E-state index in [1.54, 1.807) is 4.90 Å². The van der Waals surface area contributed by atoms with E-state index < -0.39 is 31.9 Å². The Morgan fingerprint density at radius 2 is 1.90 bits per heavy atom. The van der Waals surface area contributed by atoms with Crippen LogP contribution in [0.25, 0.3) is 0 Å². The van der Waals surface area contributed by atoms with Crippen molar-refractivity contribution in [3.05, 3.63) is 52.4 Å². The smallest absolute Gasteiger partial charge is 0.412 e. The number of benzene rings is 1. The summed E-state index contributed by atoms with van der Waals surface area (Å²) in [4.78, 5) is 21.7. The number of alkyl halides is 4. The molecule has 1 fully saturated rings. The van der Waals surface area contributed by atoms with Crippen molar-refractivity contribution in [1.82, 2.24) is 4.98 Å². The summed E-state index contributed by atoms with van der Waals surface area (Å²) in [5, 5.41) is 0.394. The molecule has 0 saturated carbocycles. The Hall–Kier alpha value is -1.69. The Labute approximate surface area is 242 Å². The minimum atomic E-state index is -4.56. The van der Waals surface area contributed by atoms with E-state index in [4.69, 9.17) is 16.0 Å². The predicted molar refractivity (Wildman–Crippen MR) is 154 cm³/mol. The van der Waals surface area contributed by atoms with Crippen LogP contribution in [0.1, 0.15) is 44.9 Å². The van der Waals surface area contributed by atoms with Gasteiger partial charge in [0.25, 0.3) is 0 Å². The lowest BCUT2D eigenvalue weighted by molar-refractivity contribution is -0.137. The van der Waals surface area contributed by atoms with Crippen molar-refractivity contribution >= 4 is 53.3 Å². The molecule has 1 aromatic carbocycles. The number of pyridine rings is 1. The molecule has 0 radical (unpaired) electrons. The zero-order chi connectivity index (χ0) is 29.3. The van der Waals surface area contributed by atoms with Crippen molar-refractivity contribution in [3.63, 3.8) is 0 Å². The third-order valence-electron chi connectivity index (χ3n) is 7.37. The second-order valence-corrected chi connectivity index (χ2v) is 17.3.